The number of piperidine rings is 1. The van der Waals surface area contributed by atoms with Gasteiger partial charge < -0.3 is 10.1 Å². The fourth-order valence-electron chi connectivity index (χ4n) is 2.84. The van der Waals surface area contributed by atoms with Crippen molar-refractivity contribution in [1.29, 1.82) is 0 Å². The zero-order chi connectivity index (χ0) is 14.4. The second-order valence-corrected chi connectivity index (χ2v) is 5.67. The minimum Gasteiger partial charge on any atom is -0.468 e. The van der Waals surface area contributed by atoms with E-state index in [1.54, 1.807) is 0 Å². The Hall–Kier alpha value is -1.39. The fourth-order valence-corrected chi connectivity index (χ4v) is 2.84. The number of rotatable bonds is 5. The molecular weight excluding hydrogens is 252 g/mol. The largest absolute Gasteiger partial charge is 0.468 e. The zero-order valence-electron chi connectivity index (χ0n) is 12.3. The number of ether oxygens (including phenoxy) is 1. The summed E-state index contributed by atoms with van der Waals surface area (Å²) in [6.07, 6.45) is 1.16. The summed E-state index contributed by atoms with van der Waals surface area (Å²) in [6, 6.07) is 10.8. The van der Waals surface area contributed by atoms with Crippen LogP contribution in [0.5, 0.6) is 0 Å². The molecule has 2 atom stereocenters. The molecule has 0 bridgehead atoms. The number of nitrogens with one attached hydrogen (secondary N) is 1. The maximum Gasteiger partial charge on any atom is 0.319 e. The lowest BCUT2D eigenvalue weighted by Gasteiger charge is -2.36. The van der Waals surface area contributed by atoms with Crippen LogP contribution in [0, 0.1) is 5.92 Å². The minimum absolute atomic E-state index is 0.152. The first-order valence-corrected chi connectivity index (χ1v) is 7.24. The lowest BCUT2D eigenvalue weighted by atomic mass is 9.95. The van der Waals surface area contributed by atoms with Crippen molar-refractivity contribution in [2.24, 2.45) is 5.92 Å². The number of nitrogens with zero attached hydrogens (tertiary/aromatic N) is 1. The third kappa shape index (κ3) is 4.62. The van der Waals surface area contributed by atoms with E-state index in [2.05, 4.69) is 41.4 Å². The van der Waals surface area contributed by atoms with Crippen molar-refractivity contribution in [3.8, 4) is 0 Å². The molecule has 1 heterocycles. The molecule has 0 saturated carbocycles. The van der Waals surface area contributed by atoms with Crippen LogP contribution in [0.25, 0.3) is 0 Å². The molecule has 0 spiro atoms. The van der Waals surface area contributed by atoms with Crippen molar-refractivity contribution in [2.45, 2.75) is 25.9 Å². The monoisotopic (exact) mass is 276 g/mol. The standard InChI is InChI=1S/C16H24N2O2/c1-13-8-15(11-18(10-13)12-16(19)20-2)17-9-14-6-4-3-5-7-14/h3-7,13,15,17H,8-12H2,1-2H3. The highest BCUT2D eigenvalue weighted by molar-refractivity contribution is 5.71. The van der Waals surface area contributed by atoms with Gasteiger partial charge in [0.25, 0.3) is 0 Å². The van der Waals surface area contributed by atoms with Gasteiger partial charge in [0.1, 0.15) is 0 Å². The summed E-state index contributed by atoms with van der Waals surface area (Å²) in [5.74, 6) is 0.447. The highest BCUT2D eigenvalue weighted by atomic mass is 16.5. The Bertz CT molecular complexity index is 422. The Morgan fingerprint density at radius 1 is 1.35 bits per heavy atom. The van der Waals surface area contributed by atoms with E-state index in [4.69, 9.17) is 4.74 Å². The lowest BCUT2D eigenvalue weighted by Crippen LogP contribution is -2.49. The van der Waals surface area contributed by atoms with E-state index in [0.717, 1.165) is 26.1 Å². The Morgan fingerprint density at radius 3 is 2.80 bits per heavy atom. The van der Waals surface area contributed by atoms with Crippen LogP contribution in [0.15, 0.2) is 30.3 Å². The smallest absolute Gasteiger partial charge is 0.319 e. The van der Waals surface area contributed by atoms with Gasteiger partial charge in [0.15, 0.2) is 0 Å². The normalized spacial score (nSPS) is 23.5. The maximum atomic E-state index is 11.4. The third-order valence-corrected chi connectivity index (χ3v) is 3.75. The molecule has 4 heteroatoms. The van der Waals surface area contributed by atoms with Crippen LogP contribution < -0.4 is 5.32 Å². The molecule has 1 saturated heterocycles. The molecule has 0 aromatic heterocycles. The molecule has 1 aromatic rings. The van der Waals surface area contributed by atoms with Crippen LogP contribution in [0.1, 0.15) is 18.9 Å². The molecule has 0 amide bonds. The van der Waals surface area contributed by atoms with Gasteiger partial charge in [-0.3, -0.25) is 9.69 Å². The zero-order valence-corrected chi connectivity index (χ0v) is 12.3. The molecule has 20 heavy (non-hydrogen) atoms. The van der Waals surface area contributed by atoms with Gasteiger partial charge in [-0.2, -0.15) is 0 Å². The van der Waals surface area contributed by atoms with Crippen molar-refractivity contribution < 1.29 is 9.53 Å². The van der Waals surface area contributed by atoms with Gasteiger partial charge in [-0.25, -0.2) is 0 Å². The molecule has 1 N–H and O–H groups in total. The lowest BCUT2D eigenvalue weighted by molar-refractivity contribution is -0.142. The van der Waals surface area contributed by atoms with Crippen LogP contribution in [-0.2, 0) is 16.1 Å². The SMILES string of the molecule is COC(=O)CN1CC(C)CC(NCc2ccccc2)C1. The molecule has 4 nitrogen and oxygen atoms in total. The Morgan fingerprint density at radius 2 is 2.10 bits per heavy atom. The average Bonchev–Trinajstić information content (AvgIpc) is 2.45. The first-order chi connectivity index (χ1) is 9.67. The van der Waals surface area contributed by atoms with Gasteiger partial charge in [-0.05, 0) is 17.9 Å². The minimum atomic E-state index is -0.152. The molecule has 110 valence electrons. The van der Waals surface area contributed by atoms with Crippen LogP contribution in [0.2, 0.25) is 0 Å². The number of esters is 1. The van der Waals surface area contributed by atoms with Gasteiger partial charge in [0.05, 0.1) is 13.7 Å². The van der Waals surface area contributed by atoms with Crippen molar-refractivity contribution >= 4 is 5.97 Å². The molecule has 1 fully saturated rings. The Balaban J connectivity index is 1.83. The van der Waals surface area contributed by atoms with Crippen LogP contribution in [0.3, 0.4) is 0 Å². The quantitative estimate of drug-likeness (QED) is 0.831. The first-order valence-electron chi connectivity index (χ1n) is 7.24. The van der Waals surface area contributed by atoms with Crippen LogP contribution in [-0.4, -0.2) is 43.7 Å². The van der Waals surface area contributed by atoms with Crippen LogP contribution in [0.4, 0.5) is 0 Å². The highest BCUT2D eigenvalue weighted by Crippen LogP contribution is 2.16. The molecule has 1 aromatic carbocycles. The number of benzene rings is 1. The molecule has 0 radical (unpaired) electrons. The topological polar surface area (TPSA) is 41.6 Å². The first kappa shape index (κ1) is 15.0. The molecule has 1 aliphatic rings. The number of likely N-dealkylation sites (tertiary alicyclic amines) is 1. The summed E-state index contributed by atoms with van der Waals surface area (Å²) in [6.45, 7) is 5.39. The van der Waals surface area contributed by atoms with Gasteiger partial charge in [-0.15, -0.1) is 0 Å². The molecular formula is C16H24N2O2. The van der Waals surface area contributed by atoms with Crippen LogP contribution >= 0.6 is 0 Å². The van der Waals surface area contributed by atoms with Crippen molar-refractivity contribution in [2.75, 3.05) is 26.7 Å². The summed E-state index contributed by atoms with van der Waals surface area (Å²) in [5.41, 5.74) is 1.30. The number of hydrogen-bond acceptors (Lipinski definition) is 4. The summed E-state index contributed by atoms with van der Waals surface area (Å²) < 4.78 is 4.75. The number of carbonyl (C=O) groups excluding carboxylic acids is 1. The van der Waals surface area contributed by atoms with Gasteiger partial charge >= 0.3 is 5.97 Å². The molecule has 1 aliphatic heterocycles. The Kier molecular flexibility index (Phi) is 5.56. The number of hydrogen-bond donors (Lipinski definition) is 1. The third-order valence-electron chi connectivity index (χ3n) is 3.75. The highest BCUT2D eigenvalue weighted by Gasteiger charge is 2.25. The van der Waals surface area contributed by atoms with E-state index in [1.807, 2.05) is 6.07 Å². The van der Waals surface area contributed by atoms with E-state index in [0.29, 0.717) is 18.5 Å². The Labute approximate surface area is 121 Å². The van der Waals surface area contributed by atoms with E-state index in [1.165, 1.54) is 12.7 Å². The number of methoxy groups -OCH3 is 1. The summed E-state index contributed by atoms with van der Waals surface area (Å²) in [7, 11) is 1.45. The fraction of sp³-hybridized carbons (Fsp3) is 0.562. The molecule has 0 aliphatic carbocycles. The van der Waals surface area contributed by atoms with Gasteiger partial charge in [0, 0.05) is 25.7 Å². The van der Waals surface area contributed by atoms with Gasteiger partial charge in [0.2, 0.25) is 0 Å². The van der Waals surface area contributed by atoms with E-state index >= 15 is 0 Å². The number of carbonyl (C=O) groups is 1. The van der Waals surface area contributed by atoms with E-state index in [-0.39, 0.29) is 5.97 Å². The predicted molar refractivity (Wildman–Crippen MR) is 79.3 cm³/mol. The van der Waals surface area contributed by atoms with Crippen molar-refractivity contribution in [3.05, 3.63) is 35.9 Å². The summed E-state index contributed by atoms with van der Waals surface area (Å²) in [4.78, 5) is 13.6. The van der Waals surface area contributed by atoms with Crippen molar-refractivity contribution in [1.82, 2.24) is 10.2 Å². The van der Waals surface area contributed by atoms with E-state index in [9.17, 15) is 4.79 Å². The maximum absolute atomic E-state index is 11.4. The summed E-state index contributed by atoms with van der Waals surface area (Å²) in [5, 5.41) is 3.60. The predicted octanol–water partition coefficient (Wildman–Crippen LogP) is 1.66. The molecule has 2 rings (SSSR count). The van der Waals surface area contributed by atoms with E-state index < -0.39 is 0 Å². The summed E-state index contributed by atoms with van der Waals surface area (Å²) >= 11 is 0. The second kappa shape index (κ2) is 7.41. The average molecular weight is 276 g/mol. The second-order valence-electron chi connectivity index (χ2n) is 5.67. The van der Waals surface area contributed by atoms with Gasteiger partial charge in [-0.1, -0.05) is 37.3 Å². The molecule has 2 unspecified atom stereocenters. The van der Waals surface area contributed by atoms with Crippen molar-refractivity contribution in [3.63, 3.8) is 0 Å².